The average Bonchev–Trinajstić information content (AvgIpc) is 3.01. The molecule has 0 unspecified atom stereocenters. The Morgan fingerprint density at radius 2 is 2.19 bits per heavy atom. The van der Waals surface area contributed by atoms with E-state index in [4.69, 9.17) is 4.42 Å². The Bertz CT molecular complexity index is 421. The van der Waals surface area contributed by atoms with Gasteiger partial charge in [0.1, 0.15) is 5.76 Å². The first-order chi connectivity index (χ1) is 10.3. The number of furan rings is 1. The van der Waals surface area contributed by atoms with Crippen molar-refractivity contribution < 1.29 is 9.21 Å². The Hall–Kier alpha value is -1.63. The quantitative estimate of drug-likeness (QED) is 0.363. The van der Waals surface area contributed by atoms with Crippen LogP contribution in [-0.2, 0) is 11.3 Å². The topological polar surface area (TPSA) is 78.7 Å². The first-order valence-electron chi connectivity index (χ1n) is 6.98. The highest BCUT2D eigenvalue weighted by atomic mass is 32.2. The number of nitrogens with zero attached hydrogens (tertiary/aromatic N) is 1. The van der Waals surface area contributed by atoms with Crippen molar-refractivity contribution in [1.82, 2.24) is 16.0 Å². The summed E-state index contributed by atoms with van der Waals surface area (Å²) in [6, 6.07) is 3.62. The summed E-state index contributed by atoms with van der Waals surface area (Å²) in [5.41, 5.74) is 0. The van der Waals surface area contributed by atoms with Crippen LogP contribution in [0.15, 0.2) is 27.8 Å². The zero-order valence-electron chi connectivity index (χ0n) is 12.6. The van der Waals surface area contributed by atoms with Crippen LogP contribution in [0.1, 0.15) is 18.6 Å². The summed E-state index contributed by atoms with van der Waals surface area (Å²) in [5.74, 6) is 2.45. The summed E-state index contributed by atoms with van der Waals surface area (Å²) < 4.78 is 5.14. The molecular weight excluding hydrogens is 288 g/mol. The highest BCUT2D eigenvalue weighted by Gasteiger charge is 2.04. The lowest BCUT2D eigenvalue weighted by atomic mass is 10.3. The van der Waals surface area contributed by atoms with Gasteiger partial charge >= 0.3 is 0 Å². The number of amides is 1. The Balaban J connectivity index is 2.11. The fourth-order valence-corrected chi connectivity index (χ4v) is 2.12. The monoisotopic (exact) mass is 312 g/mol. The number of unbranched alkanes of at least 4 members (excludes halogenated alkanes) is 1. The highest BCUT2D eigenvalue weighted by Crippen LogP contribution is 1.98. The van der Waals surface area contributed by atoms with E-state index in [9.17, 15) is 4.79 Å². The molecule has 0 radical (unpaired) electrons. The molecule has 21 heavy (non-hydrogen) atoms. The Kier molecular flexibility index (Phi) is 9.19. The fraction of sp³-hybridized carbons (Fsp3) is 0.571. The number of hydrogen-bond donors (Lipinski definition) is 3. The molecule has 3 N–H and O–H groups in total. The van der Waals surface area contributed by atoms with E-state index in [0.717, 1.165) is 18.7 Å². The summed E-state index contributed by atoms with van der Waals surface area (Å²) in [6.45, 7) is 1.44. The van der Waals surface area contributed by atoms with Crippen molar-refractivity contribution in [3.63, 3.8) is 0 Å². The largest absolute Gasteiger partial charge is 0.467 e. The Morgan fingerprint density at radius 3 is 2.86 bits per heavy atom. The third kappa shape index (κ3) is 8.29. The second-order valence-electron chi connectivity index (χ2n) is 4.41. The molecule has 6 nitrogen and oxygen atoms in total. The molecule has 0 aromatic carbocycles. The minimum Gasteiger partial charge on any atom is -0.467 e. The van der Waals surface area contributed by atoms with Gasteiger partial charge in [-0.25, -0.2) is 0 Å². The lowest BCUT2D eigenvalue weighted by Crippen LogP contribution is -2.43. The molecule has 118 valence electrons. The Morgan fingerprint density at radius 1 is 1.33 bits per heavy atom. The summed E-state index contributed by atoms with van der Waals surface area (Å²) in [6.07, 6.45) is 5.96. The zero-order chi connectivity index (χ0) is 15.3. The van der Waals surface area contributed by atoms with E-state index < -0.39 is 0 Å². The number of thioether (sulfide) groups is 1. The standard InChI is InChI=1S/C14H24N4O2S/c1-15-14(16-7-3-4-9-21-2)18-11-13(19)17-10-12-6-5-8-20-12/h5-6,8H,3-4,7,9-11H2,1-2H3,(H,17,19)(H2,15,16,18). The van der Waals surface area contributed by atoms with Crippen molar-refractivity contribution in [2.45, 2.75) is 19.4 Å². The van der Waals surface area contributed by atoms with Crippen molar-refractivity contribution in [2.75, 3.05) is 32.1 Å². The van der Waals surface area contributed by atoms with Crippen molar-refractivity contribution >= 4 is 23.6 Å². The van der Waals surface area contributed by atoms with Gasteiger partial charge in [-0.15, -0.1) is 0 Å². The number of nitrogens with one attached hydrogen (secondary N) is 3. The van der Waals surface area contributed by atoms with Crippen LogP contribution in [-0.4, -0.2) is 44.0 Å². The van der Waals surface area contributed by atoms with Gasteiger partial charge in [-0.2, -0.15) is 11.8 Å². The molecule has 7 heteroatoms. The lowest BCUT2D eigenvalue weighted by Gasteiger charge is -2.11. The van der Waals surface area contributed by atoms with Crippen molar-refractivity contribution in [1.29, 1.82) is 0 Å². The van der Waals surface area contributed by atoms with Gasteiger partial charge in [0, 0.05) is 13.6 Å². The van der Waals surface area contributed by atoms with E-state index in [-0.39, 0.29) is 12.5 Å². The van der Waals surface area contributed by atoms with Crippen LogP contribution in [0, 0.1) is 0 Å². The van der Waals surface area contributed by atoms with Gasteiger partial charge in [-0.05, 0) is 37.0 Å². The summed E-state index contributed by atoms with van der Waals surface area (Å²) in [7, 11) is 1.69. The predicted molar refractivity (Wildman–Crippen MR) is 87.5 cm³/mol. The van der Waals surface area contributed by atoms with E-state index in [2.05, 4.69) is 27.2 Å². The van der Waals surface area contributed by atoms with Gasteiger partial charge in [-0.1, -0.05) is 0 Å². The van der Waals surface area contributed by atoms with E-state index >= 15 is 0 Å². The number of aliphatic imine (C=N–C) groups is 1. The molecule has 1 amide bonds. The second kappa shape index (κ2) is 11.1. The summed E-state index contributed by atoms with van der Waals surface area (Å²) in [5, 5.41) is 8.93. The molecule has 0 aliphatic carbocycles. The zero-order valence-corrected chi connectivity index (χ0v) is 13.5. The minimum absolute atomic E-state index is 0.100. The normalized spacial score (nSPS) is 11.2. The number of guanidine groups is 1. The van der Waals surface area contributed by atoms with Crippen molar-refractivity contribution in [3.8, 4) is 0 Å². The smallest absolute Gasteiger partial charge is 0.239 e. The third-order valence-electron chi connectivity index (χ3n) is 2.75. The van der Waals surface area contributed by atoms with Crippen LogP contribution in [0.4, 0.5) is 0 Å². The van der Waals surface area contributed by atoms with Gasteiger partial charge in [0.2, 0.25) is 5.91 Å². The van der Waals surface area contributed by atoms with Crippen molar-refractivity contribution in [2.24, 2.45) is 4.99 Å². The molecule has 0 spiro atoms. The van der Waals surface area contributed by atoms with Gasteiger partial charge in [0.15, 0.2) is 5.96 Å². The van der Waals surface area contributed by atoms with Crippen LogP contribution < -0.4 is 16.0 Å². The molecule has 0 saturated heterocycles. The number of carbonyl (C=O) groups is 1. The first kappa shape index (κ1) is 17.4. The number of hydrogen-bond acceptors (Lipinski definition) is 4. The van der Waals surface area contributed by atoms with Crippen LogP contribution >= 0.6 is 11.8 Å². The van der Waals surface area contributed by atoms with Crippen molar-refractivity contribution in [3.05, 3.63) is 24.2 Å². The molecule has 0 fully saturated rings. The van der Waals surface area contributed by atoms with Gasteiger partial charge in [0.25, 0.3) is 0 Å². The summed E-state index contributed by atoms with van der Waals surface area (Å²) >= 11 is 1.85. The molecular formula is C14H24N4O2S. The van der Waals surface area contributed by atoms with Crippen LogP contribution in [0.2, 0.25) is 0 Å². The van der Waals surface area contributed by atoms with Gasteiger partial charge in [0.05, 0.1) is 19.4 Å². The minimum atomic E-state index is -0.100. The fourth-order valence-electron chi connectivity index (χ4n) is 1.62. The van der Waals surface area contributed by atoms with Gasteiger partial charge < -0.3 is 20.4 Å². The molecule has 1 rings (SSSR count). The van der Waals surface area contributed by atoms with E-state index in [1.165, 1.54) is 12.2 Å². The summed E-state index contributed by atoms with van der Waals surface area (Å²) in [4.78, 5) is 15.8. The maximum atomic E-state index is 11.7. The SMILES string of the molecule is CN=C(NCCCCSC)NCC(=O)NCc1ccco1. The molecule has 1 heterocycles. The number of carbonyl (C=O) groups excluding carboxylic acids is 1. The predicted octanol–water partition coefficient (Wildman–Crippen LogP) is 1.20. The van der Waals surface area contributed by atoms with E-state index in [1.807, 2.05) is 17.8 Å². The third-order valence-corrected chi connectivity index (χ3v) is 3.44. The lowest BCUT2D eigenvalue weighted by molar-refractivity contribution is -0.120. The molecule has 0 bridgehead atoms. The molecule has 0 atom stereocenters. The highest BCUT2D eigenvalue weighted by molar-refractivity contribution is 7.98. The maximum absolute atomic E-state index is 11.7. The first-order valence-corrected chi connectivity index (χ1v) is 8.38. The molecule has 0 aliphatic heterocycles. The second-order valence-corrected chi connectivity index (χ2v) is 5.39. The van der Waals surface area contributed by atoms with Crippen LogP contribution in [0.5, 0.6) is 0 Å². The molecule has 1 aromatic rings. The molecule has 0 saturated carbocycles. The molecule has 1 aromatic heterocycles. The average molecular weight is 312 g/mol. The maximum Gasteiger partial charge on any atom is 0.239 e. The van der Waals surface area contributed by atoms with E-state index in [1.54, 1.807) is 19.4 Å². The van der Waals surface area contributed by atoms with E-state index in [0.29, 0.717) is 12.5 Å². The molecule has 0 aliphatic rings. The van der Waals surface area contributed by atoms with Crippen LogP contribution in [0.25, 0.3) is 0 Å². The Labute approximate surface area is 130 Å². The van der Waals surface area contributed by atoms with Gasteiger partial charge in [-0.3, -0.25) is 9.79 Å². The van der Waals surface area contributed by atoms with Crippen LogP contribution in [0.3, 0.4) is 0 Å². The number of rotatable bonds is 9.